The molecule has 132 valence electrons. The van der Waals surface area contributed by atoms with Gasteiger partial charge in [0.25, 0.3) is 5.56 Å². The lowest BCUT2D eigenvalue weighted by Gasteiger charge is -2.32. The van der Waals surface area contributed by atoms with E-state index in [0.29, 0.717) is 63.0 Å². The highest BCUT2D eigenvalue weighted by Crippen LogP contribution is 2.19. The number of hydrogen-bond donors (Lipinski definition) is 1. The largest absolute Gasteiger partial charge is 0.444 e. The second-order valence-electron chi connectivity index (χ2n) is 7.07. The highest BCUT2D eigenvalue weighted by atomic mass is 16.6. The van der Waals surface area contributed by atoms with Gasteiger partial charge in [0.05, 0.1) is 25.5 Å². The van der Waals surface area contributed by atoms with Crippen LogP contribution in [0.4, 0.5) is 10.7 Å². The Morgan fingerprint density at radius 1 is 1.25 bits per heavy atom. The first kappa shape index (κ1) is 16.8. The zero-order chi connectivity index (χ0) is 17.3. The molecule has 0 atom stereocenters. The van der Waals surface area contributed by atoms with Crippen LogP contribution in [0.2, 0.25) is 0 Å². The number of aromatic nitrogens is 2. The zero-order valence-corrected chi connectivity index (χ0v) is 14.4. The van der Waals surface area contributed by atoms with Crippen LogP contribution in [0.15, 0.2) is 4.79 Å². The van der Waals surface area contributed by atoms with E-state index in [4.69, 9.17) is 9.47 Å². The minimum atomic E-state index is -0.544. The molecule has 1 fully saturated rings. The molecule has 24 heavy (non-hydrogen) atoms. The van der Waals surface area contributed by atoms with E-state index in [-0.39, 0.29) is 11.7 Å². The number of anilines is 1. The molecule has 0 unspecified atom stereocenters. The maximum atomic E-state index is 12.3. The maximum absolute atomic E-state index is 12.3. The number of rotatable bonds is 1. The van der Waals surface area contributed by atoms with Gasteiger partial charge in [-0.1, -0.05) is 0 Å². The summed E-state index contributed by atoms with van der Waals surface area (Å²) in [7, 11) is 0. The number of nitrogens with zero attached hydrogens (tertiary/aromatic N) is 3. The van der Waals surface area contributed by atoms with E-state index < -0.39 is 5.60 Å². The molecule has 0 radical (unpaired) electrons. The third-order valence-corrected chi connectivity index (χ3v) is 4.02. The van der Waals surface area contributed by atoms with Crippen LogP contribution < -0.4 is 10.5 Å². The molecule has 3 rings (SSSR count). The molecule has 0 aliphatic carbocycles. The molecule has 1 aromatic rings. The number of nitrogens with one attached hydrogen (secondary N) is 1. The van der Waals surface area contributed by atoms with Crippen molar-refractivity contribution >= 4 is 12.0 Å². The van der Waals surface area contributed by atoms with Crippen molar-refractivity contribution in [2.24, 2.45) is 0 Å². The van der Waals surface area contributed by atoms with Crippen LogP contribution >= 0.6 is 0 Å². The Labute approximate surface area is 140 Å². The fourth-order valence-corrected chi connectivity index (χ4v) is 2.83. The summed E-state index contributed by atoms with van der Waals surface area (Å²) in [6, 6.07) is 0. The van der Waals surface area contributed by atoms with Crippen LogP contribution in [-0.4, -0.2) is 59.4 Å². The lowest BCUT2D eigenvalue weighted by Crippen LogP contribution is -2.43. The minimum absolute atomic E-state index is 0.120. The van der Waals surface area contributed by atoms with E-state index in [1.54, 1.807) is 4.90 Å². The van der Waals surface area contributed by atoms with Gasteiger partial charge in [-0.05, 0) is 27.2 Å². The lowest BCUT2D eigenvalue weighted by molar-refractivity contribution is 0.0220. The molecule has 1 N–H and O–H groups in total. The molecule has 3 heterocycles. The Hall–Kier alpha value is -2.09. The van der Waals surface area contributed by atoms with Gasteiger partial charge >= 0.3 is 6.09 Å². The summed E-state index contributed by atoms with van der Waals surface area (Å²) in [5, 5.41) is 0. The maximum Gasteiger partial charge on any atom is 0.410 e. The number of ether oxygens (including phenoxy) is 2. The van der Waals surface area contributed by atoms with Crippen LogP contribution in [0.25, 0.3) is 0 Å². The molecule has 0 spiro atoms. The predicted octanol–water partition coefficient (Wildman–Crippen LogP) is 0.900. The van der Waals surface area contributed by atoms with Crippen LogP contribution in [0, 0.1) is 0 Å². The molecule has 0 saturated carbocycles. The molecule has 1 saturated heterocycles. The van der Waals surface area contributed by atoms with Gasteiger partial charge in [0.15, 0.2) is 0 Å². The molecular weight excluding hydrogens is 312 g/mol. The Bertz CT molecular complexity index is 674. The number of hydrogen-bond acceptors (Lipinski definition) is 6. The highest BCUT2D eigenvalue weighted by molar-refractivity contribution is 5.68. The van der Waals surface area contributed by atoms with E-state index in [2.05, 4.69) is 9.97 Å². The quantitative estimate of drug-likeness (QED) is 0.820. The summed E-state index contributed by atoms with van der Waals surface area (Å²) in [5.74, 6) is 0.549. The van der Waals surface area contributed by atoms with Crippen molar-refractivity contribution in [3.8, 4) is 0 Å². The van der Waals surface area contributed by atoms with Gasteiger partial charge in [-0.3, -0.25) is 9.78 Å². The first-order valence-electron chi connectivity index (χ1n) is 8.26. The highest BCUT2D eigenvalue weighted by Gasteiger charge is 2.28. The SMILES string of the molecule is CC(C)(C)OC(=O)N1CCc2c(nc(N3CCOCC3)[nH]c2=O)C1. The predicted molar refractivity (Wildman–Crippen MR) is 88.2 cm³/mol. The van der Waals surface area contributed by atoms with Crippen molar-refractivity contribution in [2.75, 3.05) is 37.7 Å². The molecule has 8 heteroatoms. The van der Waals surface area contributed by atoms with Gasteiger partial charge in [-0.25, -0.2) is 9.78 Å². The topological polar surface area (TPSA) is 87.8 Å². The number of carbonyl (C=O) groups is 1. The van der Waals surface area contributed by atoms with E-state index in [1.807, 2.05) is 25.7 Å². The normalized spacial score (nSPS) is 18.3. The van der Waals surface area contributed by atoms with Gasteiger partial charge in [0, 0.05) is 25.2 Å². The average molecular weight is 336 g/mol. The van der Waals surface area contributed by atoms with Crippen LogP contribution in [0.3, 0.4) is 0 Å². The number of H-pyrrole nitrogens is 1. The van der Waals surface area contributed by atoms with Crippen molar-refractivity contribution in [3.63, 3.8) is 0 Å². The molecule has 2 aliphatic rings. The zero-order valence-electron chi connectivity index (χ0n) is 14.4. The van der Waals surface area contributed by atoms with Crippen molar-refractivity contribution in [2.45, 2.75) is 39.3 Å². The van der Waals surface area contributed by atoms with E-state index >= 15 is 0 Å². The minimum Gasteiger partial charge on any atom is -0.444 e. The Kier molecular flexibility index (Phi) is 4.49. The van der Waals surface area contributed by atoms with Gasteiger partial charge in [-0.15, -0.1) is 0 Å². The Morgan fingerprint density at radius 2 is 1.96 bits per heavy atom. The van der Waals surface area contributed by atoms with Crippen LogP contribution in [0.5, 0.6) is 0 Å². The Morgan fingerprint density at radius 3 is 2.62 bits per heavy atom. The fraction of sp³-hybridized carbons (Fsp3) is 0.688. The van der Waals surface area contributed by atoms with Crippen molar-refractivity contribution < 1.29 is 14.3 Å². The van der Waals surface area contributed by atoms with E-state index in [9.17, 15) is 9.59 Å². The third-order valence-electron chi connectivity index (χ3n) is 4.02. The average Bonchev–Trinajstić information content (AvgIpc) is 2.53. The van der Waals surface area contributed by atoms with Gasteiger partial charge in [0.2, 0.25) is 5.95 Å². The first-order valence-corrected chi connectivity index (χ1v) is 8.26. The van der Waals surface area contributed by atoms with Gasteiger partial charge in [0.1, 0.15) is 5.60 Å². The molecular formula is C16H24N4O4. The number of morpholine rings is 1. The molecule has 0 aromatic carbocycles. The molecule has 2 aliphatic heterocycles. The summed E-state index contributed by atoms with van der Waals surface area (Å²) in [6.45, 7) is 8.88. The van der Waals surface area contributed by atoms with Crippen molar-refractivity contribution in [1.29, 1.82) is 0 Å². The summed E-state index contributed by atoms with van der Waals surface area (Å²) >= 11 is 0. The van der Waals surface area contributed by atoms with Gasteiger partial charge < -0.3 is 19.3 Å². The number of amides is 1. The van der Waals surface area contributed by atoms with E-state index in [0.717, 1.165) is 0 Å². The summed E-state index contributed by atoms with van der Waals surface area (Å²) in [4.78, 5) is 35.6. The molecule has 1 aromatic heterocycles. The number of aromatic amines is 1. The number of carbonyl (C=O) groups excluding carboxylic acids is 1. The molecule has 0 bridgehead atoms. The third kappa shape index (κ3) is 3.69. The van der Waals surface area contributed by atoms with Gasteiger partial charge in [-0.2, -0.15) is 0 Å². The summed E-state index contributed by atoms with van der Waals surface area (Å²) < 4.78 is 10.7. The fourth-order valence-electron chi connectivity index (χ4n) is 2.83. The Balaban J connectivity index is 1.80. The van der Waals surface area contributed by atoms with Crippen LogP contribution in [-0.2, 0) is 22.4 Å². The first-order chi connectivity index (χ1) is 11.3. The van der Waals surface area contributed by atoms with Crippen molar-refractivity contribution in [1.82, 2.24) is 14.9 Å². The monoisotopic (exact) mass is 336 g/mol. The van der Waals surface area contributed by atoms with E-state index in [1.165, 1.54) is 0 Å². The molecule has 8 nitrogen and oxygen atoms in total. The lowest BCUT2D eigenvalue weighted by atomic mass is 10.1. The summed E-state index contributed by atoms with van der Waals surface area (Å²) in [6.07, 6.45) is 0.114. The smallest absolute Gasteiger partial charge is 0.410 e. The standard InChI is InChI=1S/C16H24N4O4/c1-16(2,3)24-15(22)20-5-4-11-12(10-20)17-14(18-13(11)21)19-6-8-23-9-7-19/h4-10H2,1-3H3,(H,17,18,21). The second-order valence-corrected chi connectivity index (χ2v) is 7.07. The van der Waals surface area contributed by atoms with Crippen LogP contribution in [0.1, 0.15) is 32.0 Å². The molecule has 1 amide bonds. The summed E-state index contributed by atoms with van der Waals surface area (Å²) in [5.41, 5.74) is 0.646. The van der Waals surface area contributed by atoms with Crippen molar-refractivity contribution in [3.05, 3.63) is 21.6 Å². The second kappa shape index (κ2) is 6.43. The number of fused-ring (bicyclic) bond motifs is 1.